The largest absolute Gasteiger partial charge is 0.311 e. The fourth-order valence-corrected chi connectivity index (χ4v) is 20.0. The average Bonchev–Trinajstić information content (AvgIpc) is 1.30. The van der Waals surface area contributed by atoms with Crippen molar-refractivity contribution in [2.24, 2.45) is 0 Å². The Bertz CT molecular complexity index is 4290. The Balaban J connectivity index is 1.04. The molecule has 0 saturated heterocycles. The summed E-state index contributed by atoms with van der Waals surface area (Å²) in [6, 6.07) is 48.7. The van der Waals surface area contributed by atoms with Gasteiger partial charge in [0.2, 0.25) is 0 Å². The molecule has 90 heavy (non-hydrogen) atoms. The minimum absolute atomic E-state index is 0.00870. The highest BCUT2D eigenvalue weighted by molar-refractivity contribution is 7.33. The monoisotopic (exact) mass is 1210 g/mol. The maximum absolute atomic E-state index is 2.78. The summed E-state index contributed by atoms with van der Waals surface area (Å²) in [4.78, 5) is 8.18. The number of benzene rings is 7. The van der Waals surface area contributed by atoms with Gasteiger partial charge in [-0.25, -0.2) is 0 Å². The number of hydrogen-bond acceptors (Lipinski definition) is 4. The predicted molar refractivity (Wildman–Crippen MR) is 392 cm³/mol. The first kappa shape index (κ1) is 60.2. The van der Waals surface area contributed by atoms with Crippen LogP contribution in [0.3, 0.4) is 0 Å². The Morgan fingerprint density at radius 2 is 0.667 bits per heavy atom. The molecule has 0 amide bonds. The van der Waals surface area contributed by atoms with Crippen molar-refractivity contribution in [3.8, 4) is 0 Å². The summed E-state index contributed by atoms with van der Waals surface area (Å²) < 4.78 is 2.86. The molecule has 466 valence electrons. The third-order valence-electron chi connectivity index (χ3n) is 25.4. The molecule has 8 aromatic rings. The van der Waals surface area contributed by atoms with Gasteiger partial charge in [-0.15, -0.1) is 11.3 Å². The summed E-state index contributed by atoms with van der Waals surface area (Å²) in [6.07, 6.45) is 11.8. The normalized spacial score (nSPS) is 22.2. The molecular formula is C85H102BN3S. The smallest absolute Gasteiger partial charge is 0.264 e. The van der Waals surface area contributed by atoms with E-state index in [1.807, 2.05) is 0 Å². The summed E-state index contributed by atoms with van der Waals surface area (Å²) in [7, 11) is 0. The van der Waals surface area contributed by atoms with Crippen molar-refractivity contribution in [1.82, 2.24) is 0 Å². The Kier molecular flexibility index (Phi) is 12.8. The maximum atomic E-state index is 2.78. The fourth-order valence-electron chi connectivity index (χ4n) is 18.7. The number of aryl methyl sites for hydroxylation is 1. The van der Waals surface area contributed by atoms with Crippen molar-refractivity contribution in [2.45, 2.75) is 264 Å². The van der Waals surface area contributed by atoms with E-state index in [4.69, 9.17) is 0 Å². The summed E-state index contributed by atoms with van der Waals surface area (Å²) in [5.41, 5.74) is 31.2. The summed E-state index contributed by atoms with van der Waals surface area (Å²) >= 11 is 2.08. The zero-order chi connectivity index (χ0) is 64.0. The van der Waals surface area contributed by atoms with Gasteiger partial charge in [-0.2, -0.15) is 0 Å². The molecule has 15 rings (SSSR count). The van der Waals surface area contributed by atoms with Crippen LogP contribution in [-0.2, 0) is 54.1 Å². The number of fused-ring (bicyclic) bond motifs is 11. The molecule has 0 spiro atoms. The Morgan fingerprint density at radius 3 is 1.10 bits per heavy atom. The lowest BCUT2D eigenvalue weighted by atomic mass is 9.36. The fraction of sp³-hybridized carbons (Fsp3) is 0.482. The van der Waals surface area contributed by atoms with Gasteiger partial charge in [0.25, 0.3) is 6.71 Å². The van der Waals surface area contributed by atoms with E-state index in [1.165, 1.54) is 196 Å². The lowest BCUT2D eigenvalue weighted by molar-refractivity contribution is 0.332. The van der Waals surface area contributed by atoms with E-state index < -0.39 is 0 Å². The molecule has 0 saturated carbocycles. The summed E-state index contributed by atoms with van der Waals surface area (Å²) in [5, 5.41) is 1.40. The number of rotatable bonds is 5. The van der Waals surface area contributed by atoms with Gasteiger partial charge < -0.3 is 14.7 Å². The Labute approximate surface area is 546 Å². The standard InChI is InChI=1S/C85H102BN3S/c1-51-42-70-73-71(43-51)89(55-25-30-61-65(47-55)83(16,17)39-35-79(61,8)9)74-57-49-66-67(85(20,21)41-40-84(66,18)19)50-72(57)90-75(74)86(73)68-31-26-56(48-69(68)88(70)54-24-29-60-64(46-54)82(14,15)38-34-78(60,6)7)87(52-22-27-58-62(44-52)80(10,11)36-32-76(58,2)3)53-23-28-59-63(45-53)81(12,13)37-33-77(59,4)5/h22-31,42-50H,32-41H2,1-21H3. The van der Waals surface area contributed by atoms with Crippen LogP contribution in [0.15, 0.2) is 115 Å². The highest BCUT2D eigenvalue weighted by Gasteiger charge is 2.49. The SMILES string of the molecule is Cc1cc2c3c(c1)N(c1ccc4c(c1)C(C)(C)CCC4(C)C)c1c(sc4cc5c(cc14)C(C)(C)CCC5(C)C)B3c1ccc(N(c3ccc4c(c3)C(C)(C)CCC4(C)C)c3ccc4c(c3)C(C)(C)CCC4(C)C)cc1N2c1ccc2c(c1)C(C)(C)CCC2(C)C. The molecule has 3 nitrogen and oxygen atoms in total. The maximum Gasteiger partial charge on any atom is 0.264 e. The second-order valence-corrected chi connectivity index (χ2v) is 37.5. The van der Waals surface area contributed by atoms with Crippen LogP contribution in [0.4, 0.5) is 51.2 Å². The number of nitrogens with zero attached hydrogens (tertiary/aromatic N) is 3. The molecule has 7 aromatic carbocycles. The van der Waals surface area contributed by atoms with Crippen molar-refractivity contribution >= 4 is 95.0 Å². The highest BCUT2D eigenvalue weighted by Crippen LogP contribution is 2.58. The lowest BCUT2D eigenvalue weighted by Crippen LogP contribution is -2.60. The molecule has 0 bridgehead atoms. The molecule has 5 aliphatic carbocycles. The molecular weight excluding hydrogens is 1110 g/mol. The van der Waals surface area contributed by atoms with Crippen molar-refractivity contribution < 1.29 is 0 Å². The van der Waals surface area contributed by atoms with Crippen LogP contribution in [-0.4, -0.2) is 6.71 Å². The van der Waals surface area contributed by atoms with Crippen molar-refractivity contribution in [2.75, 3.05) is 14.7 Å². The van der Waals surface area contributed by atoms with Crippen LogP contribution in [0.25, 0.3) is 10.1 Å². The van der Waals surface area contributed by atoms with Crippen molar-refractivity contribution in [3.63, 3.8) is 0 Å². The first-order valence-electron chi connectivity index (χ1n) is 34.8. The van der Waals surface area contributed by atoms with Gasteiger partial charge in [0.1, 0.15) is 0 Å². The minimum atomic E-state index is -0.00870. The van der Waals surface area contributed by atoms with Gasteiger partial charge in [-0.1, -0.05) is 169 Å². The Morgan fingerprint density at radius 1 is 0.333 bits per heavy atom. The van der Waals surface area contributed by atoms with Gasteiger partial charge >= 0.3 is 0 Å². The molecule has 0 fully saturated rings. The van der Waals surface area contributed by atoms with Crippen LogP contribution in [0, 0.1) is 6.92 Å². The number of hydrogen-bond donors (Lipinski definition) is 0. The van der Waals surface area contributed by atoms with Crippen LogP contribution in [0.2, 0.25) is 0 Å². The molecule has 0 unspecified atom stereocenters. The third-order valence-corrected chi connectivity index (χ3v) is 26.6. The van der Waals surface area contributed by atoms with E-state index in [0.29, 0.717) is 0 Å². The van der Waals surface area contributed by atoms with E-state index >= 15 is 0 Å². The van der Waals surface area contributed by atoms with Gasteiger partial charge in [-0.05, 0) is 282 Å². The van der Waals surface area contributed by atoms with Crippen molar-refractivity contribution in [3.05, 3.63) is 176 Å². The van der Waals surface area contributed by atoms with Crippen LogP contribution in [0.1, 0.15) is 264 Å². The highest BCUT2D eigenvalue weighted by atomic mass is 32.1. The second kappa shape index (κ2) is 19.1. The second-order valence-electron chi connectivity index (χ2n) is 36.4. The van der Waals surface area contributed by atoms with Crippen LogP contribution in [0.5, 0.6) is 0 Å². The molecule has 3 heterocycles. The third kappa shape index (κ3) is 8.88. The predicted octanol–water partition coefficient (Wildman–Crippen LogP) is 22.5. The quantitative estimate of drug-likeness (QED) is 0.159. The van der Waals surface area contributed by atoms with E-state index in [-0.39, 0.29) is 60.9 Å². The lowest BCUT2D eigenvalue weighted by Gasteiger charge is -2.46. The molecule has 0 radical (unpaired) electrons. The minimum Gasteiger partial charge on any atom is -0.311 e. The summed E-state index contributed by atoms with van der Waals surface area (Å²) in [5.74, 6) is 0. The van der Waals surface area contributed by atoms with Crippen molar-refractivity contribution in [1.29, 1.82) is 0 Å². The number of anilines is 9. The van der Waals surface area contributed by atoms with Crippen LogP contribution >= 0.6 is 11.3 Å². The van der Waals surface area contributed by atoms with E-state index in [2.05, 4.69) is 287 Å². The number of thiophene rings is 1. The zero-order valence-electron chi connectivity index (χ0n) is 58.9. The van der Waals surface area contributed by atoms with E-state index in [9.17, 15) is 0 Å². The summed E-state index contributed by atoms with van der Waals surface area (Å²) in [6.45, 7) is 52.1. The molecule has 1 aromatic heterocycles. The Hall–Kier alpha value is -6.04. The van der Waals surface area contributed by atoms with Gasteiger partial charge in [0.05, 0.1) is 5.69 Å². The first-order chi connectivity index (χ1) is 41.9. The van der Waals surface area contributed by atoms with Gasteiger partial charge in [0.15, 0.2) is 0 Å². The van der Waals surface area contributed by atoms with Gasteiger partial charge in [-0.3, -0.25) is 0 Å². The molecule has 0 atom stereocenters. The zero-order valence-corrected chi connectivity index (χ0v) is 59.7. The topological polar surface area (TPSA) is 9.72 Å². The molecule has 2 aliphatic heterocycles. The van der Waals surface area contributed by atoms with E-state index in [1.54, 1.807) is 0 Å². The van der Waals surface area contributed by atoms with Crippen LogP contribution < -0.4 is 30.4 Å². The van der Waals surface area contributed by atoms with Gasteiger partial charge in [0, 0.05) is 60.4 Å². The molecule has 7 aliphatic rings. The molecule has 5 heteroatoms. The average molecular weight is 1210 g/mol. The first-order valence-corrected chi connectivity index (χ1v) is 35.6. The van der Waals surface area contributed by atoms with E-state index in [0.717, 1.165) is 6.42 Å². The molecule has 0 N–H and O–H groups in total.